The van der Waals surface area contributed by atoms with E-state index in [0.717, 1.165) is 5.56 Å². The summed E-state index contributed by atoms with van der Waals surface area (Å²) in [6.07, 6.45) is 0. The molecule has 0 aromatic heterocycles. The fourth-order valence-electron chi connectivity index (χ4n) is 3.41. The molecule has 0 atom stereocenters. The van der Waals surface area contributed by atoms with Gasteiger partial charge in [-0.05, 0) is 36.9 Å². The molecule has 0 aliphatic carbocycles. The fourth-order valence-corrected chi connectivity index (χ4v) is 3.41. The molecule has 1 fully saturated rings. The van der Waals surface area contributed by atoms with Gasteiger partial charge < -0.3 is 14.5 Å². The molecule has 5 nitrogen and oxygen atoms in total. The number of nitrogens with zero attached hydrogens (tertiary/aromatic N) is 3. The SMILES string of the molecule is COc1ccc(CN(C)CC(=O)N2CCN(c3ccccc3F)CC2)cc1F. The minimum absolute atomic E-state index is 0.0182. The van der Waals surface area contributed by atoms with Crippen molar-refractivity contribution in [2.24, 2.45) is 0 Å². The molecule has 0 N–H and O–H groups in total. The first-order valence-electron chi connectivity index (χ1n) is 9.26. The van der Waals surface area contributed by atoms with Crippen LogP contribution in [0.2, 0.25) is 0 Å². The van der Waals surface area contributed by atoms with Crippen LogP contribution in [0.15, 0.2) is 42.5 Å². The Kier molecular flexibility index (Phi) is 6.46. The third kappa shape index (κ3) is 4.78. The van der Waals surface area contributed by atoms with Gasteiger partial charge in [0.15, 0.2) is 11.6 Å². The number of halogens is 2. The first-order chi connectivity index (χ1) is 13.5. The lowest BCUT2D eigenvalue weighted by atomic mass is 10.2. The van der Waals surface area contributed by atoms with Crippen LogP contribution in [0.5, 0.6) is 5.75 Å². The molecular formula is C21H25F2N3O2. The normalized spacial score (nSPS) is 14.5. The van der Waals surface area contributed by atoms with Crippen LogP contribution in [0.1, 0.15) is 5.56 Å². The Bertz CT molecular complexity index is 823. The summed E-state index contributed by atoms with van der Waals surface area (Å²) in [6, 6.07) is 11.5. The van der Waals surface area contributed by atoms with Crippen molar-refractivity contribution < 1.29 is 18.3 Å². The third-order valence-electron chi connectivity index (χ3n) is 4.90. The number of para-hydroxylation sites is 1. The molecule has 1 aliphatic rings. The van der Waals surface area contributed by atoms with E-state index in [1.807, 2.05) is 22.9 Å². The molecule has 1 heterocycles. The highest BCUT2D eigenvalue weighted by Gasteiger charge is 2.23. The molecular weight excluding hydrogens is 364 g/mol. The Labute approximate surface area is 164 Å². The number of likely N-dealkylation sites (N-methyl/N-ethyl adjacent to an activating group) is 1. The van der Waals surface area contributed by atoms with Crippen molar-refractivity contribution in [3.63, 3.8) is 0 Å². The molecule has 7 heteroatoms. The molecule has 28 heavy (non-hydrogen) atoms. The molecule has 3 rings (SSSR count). The second kappa shape index (κ2) is 9.01. The summed E-state index contributed by atoms with van der Waals surface area (Å²) >= 11 is 0. The van der Waals surface area contributed by atoms with Gasteiger partial charge in [0, 0.05) is 32.7 Å². The van der Waals surface area contributed by atoms with Crippen LogP contribution >= 0.6 is 0 Å². The average molecular weight is 389 g/mol. The second-order valence-corrected chi connectivity index (χ2v) is 6.96. The predicted molar refractivity (Wildman–Crippen MR) is 104 cm³/mol. The summed E-state index contributed by atoms with van der Waals surface area (Å²) in [5.74, 6) is -0.433. The van der Waals surface area contributed by atoms with Gasteiger partial charge in [-0.25, -0.2) is 8.78 Å². The minimum Gasteiger partial charge on any atom is -0.494 e. The van der Waals surface area contributed by atoms with Crippen LogP contribution in [0.4, 0.5) is 14.5 Å². The minimum atomic E-state index is -0.413. The number of ether oxygens (including phenoxy) is 1. The van der Waals surface area contributed by atoms with Crippen LogP contribution < -0.4 is 9.64 Å². The van der Waals surface area contributed by atoms with Gasteiger partial charge in [0.25, 0.3) is 0 Å². The van der Waals surface area contributed by atoms with E-state index in [-0.39, 0.29) is 24.0 Å². The van der Waals surface area contributed by atoms with E-state index in [1.54, 1.807) is 29.2 Å². The Hall–Kier alpha value is -2.67. The molecule has 0 unspecified atom stereocenters. The van der Waals surface area contributed by atoms with Crippen molar-refractivity contribution in [3.05, 3.63) is 59.7 Å². The molecule has 150 valence electrons. The number of methoxy groups -OCH3 is 1. The second-order valence-electron chi connectivity index (χ2n) is 6.96. The van der Waals surface area contributed by atoms with Gasteiger partial charge in [0.2, 0.25) is 5.91 Å². The van der Waals surface area contributed by atoms with Crippen LogP contribution in [0, 0.1) is 11.6 Å². The zero-order valence-electron chi connectivity index (χ0n) is 16.2. The van der Waals surface area contributed by atoms with Crippen LogP contribution in [-0.4, -0.2) is 62.6 Å². The molecule has 0 spiro atoms. The standard InChI is InChI=1S/C21H25F2N3O2/c1-24(14-16-7-8-20(28-2)18(23)13-16)15-21(27)26-11-9-25(10-12-26)19-6-4-3-5-17(19)22/h3-8,13H,9-12,14-15H2,1-2H3. The van der Waals surface area contributed by atoms with Gasteiger partial charge in [-0.1, -0.05) is 18.2 Å². The average Bonchev–Trinajstić information content (AvgIpc) is 2.68. The van der Waals surface area contributed by atoms with E-state index < -0.39 is 5.82 Å². The maximum atomic E-state index is 13.9. The van der Waals surface area contributed by atoms with Crippen molar-refractivity contribution in [3.8, 4) is 5.75 Å². The summed E-state index contributed by atoms with van der Waals surface area (Å²) < 4.78 is 32.7. The van der Waals surface area contributed by atoms with E-state index in [0.29, 0.717) is 38.4 Å². The molecule has 0 bridgehead atoms. The lowest BCUT2D eigenvalue weighted by Gasteiger charge is -2.36. The van der Waals surface area contributed by atoms with Crippen molar-refractivity contribution in [1.29, 1.82) is 0 Å². The highest BCUT2D eigenvalue weighted by Crippen LogP contribution is 2.21. The summed E-state index contributed by atoms with van der Waals surface area (Å²) in [5.41, 5.74) is 1.35. The lowest BCUT2D eigenvalue weighted by molar-refractivity contribution is -0.132. The largest absolute Gasteiger partial charge is 0.494 e. The number of anilines is 1. The molecule has 2 aromatic rings. The lowest BCUT2D eigenvalue weighted by Crippen LogP contribution is -2.51. The first kappa shape index (κ1) is 20.1. The van der Waals surface area contributed by atoms with Gasteiger partial charge in [0.05, 0.1) is 19.3 Å². The van der Waals surface area contributed by atoms with Crippen molar-refractivity contribution >= 4 is 11.6 Å². The first-order valence-corrected chi connectivity index (χ1v) is 9.26. The van der Waals surface area contributed by atoms with E-state index in [2.05, 4.69) is 0 Å². The molecule has 2 aromatic carbocycles. The smallest absolute Gasteiger partial charge is 0.236 e. The van der Waals surface area contributed by atoms with Gasteiger partial charge >= 0.3 is 0 Å². The number of hydrogen-bond donors (Lipinski definition) is 0. The molecule has 0 saturated carbocycles. The van der Waals surface area contributed by atoms with E-state index >= 15 is 0 Å². The Balaban J connectivity index is 1.50. The molecule has 1 amide bonds. The van der Waals surface area contributed by atoms with Gasteiger partial charge in [-0.3, -0.25) is 9.69 Å². The van der Waals surface area contributed by atoms with E-state index in [1.165, 1.54) is 19.2 Å². The number of rotatable bonds is 6. The highest BCUT2D eigenvalue weighted by molar-refractivity contribution is 5.78. The van der Waals surface area contributed by atoms with E-state index in [4.69, 9.17) is 4.74 Å². The topological polar surface area (TPSA) is 36.0 Å². The Morgan fingerprint density at radius 3 is 2.43 bits per heavy atom. The number of carbonyl (C=O) groups is 1. The van der Waals surface area contributed by atoms with Crippen LogP contribution in [0.3, 0.4) is 0 Å². The molecule has 1 aliphatic heterocycles. The molecule has 1 saturated heterocycles. The summed E-state index contributed by atoms with van der Waals surface area (Å²) in [6.45, 7) is 3.01. The zero-order valence-corrected chi connectivity index (χ0v) is 16.2. The summed E-state index contributed by atoms with van der Waals surface area (Å²) in [7, 11) is 3.25. The number of amides is 1. The van der Waals surface area contributed by atoms with Crippen molar-refractivity contribution in [2.45, 2.75) is 6.54 Å². The van der Waals surface area contributed by atoms with Gasteiger partial charge in [-0.2, -0.15) is 0 Å². The summed E-state index contributed by atoms with van der Waals surface area (Å²) in [5, 5.41) is 0. The zero-order chi connectivity index (χ0) is 20.1. The predicted octanol–water partition coefficient (Wildman–Crippen LogP) is 2.75. The van der Waals surface area contributed by atoms with Crippen LogP contribution in [0.25, 0.3) is 0 Å². The van der Waals surface area contributed by atoms with Gasteiger partial charge in [-0.15, -0.1) is 0 Å². The maximum absolute atomic E-state index is 13.9. The maximum Gasteiger partial charge on any atom is 0.236 e. The van der Waals surface area contributed by atoms with Gasteiger partial charge in [0.1, 0.15) is 5.82 Å². The Morgan fingerprint density at radius 1 is 1.07 bits per heavy atom. The third-order valence-corrected chi connectivity index (χ3v) is 4.90. The van der Waals surface area contributed by atoms with Crippen molar-refractivity contribution in [1.82, 2.24) is 9.80 Å². The fraction of sp³-hybridized carbons (Fsp3) is 0.381. The molecule has 0 radical (unpaired) electrons. The quantitative estimate of drug-likeness (QED) is 0.761. The van der Waals surface area contributed by atoms with E-state index in [9.17, 15) is 13.6 Å². The van der Waals surface area contributed by atoms with Crippen LogP contribution in [-0.2, 0) is 11.3 Å². The highest BCUT2D eigenvalue weighted by atomic mass is 19.1. The summed E-state index contributed by atoms with van der Waals surface area (Å²) in [4.78, 5) is 18.2. The number of carbonyl (C=O) groups excluding carboxylic acids is 1. The number of piperazine rings is 1. The Morgan fingerprint density at radius 2 is 1.79 bits per heavy atom. The number of benzene rings is 2. The number of hydrogen-bond acceptors (Lipinski definition) is 4. The monoisotopic (exact) mass is 389 g/mol. The van der Waals surface area contributed by atoms with Crippen molar-refractivity contribution in [2.75, 3.05) is 51.8 Å².